The lowest BCUT2D eigenvalue weighted by Crippen LogP contribution is -2.03. The summed E-state index contributed by atoms with van der Waals surface area (Å²) < 4.78 is 1.61. The Bertz CT molecular complexity index is 488. The monoisotopic (exact) mass is 205 g/mol. The van der Waals surface area contributed by atoms with Crippen LogP contribution in [0.5, 0.6) is 0 Å². The van der Waals surface area contributed by atoms with E-state index in [1.54, 1.807) is 4.52 Å². The van der Waals surface area contributed by atoms with Crippen molar-refractivity contribution in [3.63, 3.8) is 0 Å². The SMILES string of the molecule is CCC(C)c1c(C)nn2c(N)ncnc12. The van der Waals surface area contributed by atoms with E-state index in [0.717, 1.165) is 17.8 Å². The van der Waals surface area contributed by atoms with E-state index in [9.17, 15) is 0 Å². The highest BCUT2D eigenvalue weighted by atomic mass is 15.3. The molecule has 1 atom stereocenters. The number of nitrogen functional groups attached to an aromatic ring is 1. The van der Waals surface area contributed by atoms with Crippen LogP contribution >= 0.6 is 0 Å². The molecular weight excluding hydrogens is 190 g/mol. The van der Waals surface area contributed by atoms with Crippen molar-refractivity contribution in [3.8, 4) is 0 Å². The molecule has 0 saturated carbocycles. The van der Waals surface area contributed by atoms with E-state index in [2.05, 4.69) is 28.9 Å². The Morgan fingerprint density at radius 3 is 2.87 bits per heavy atom. The summed E-state index contributed by atoms with van der Waals surface area (Å²) in [7, 11) is 0. The van der Waals surface area contributed by atoms with Crippen molar-refractivity contribution in [2.45, 2.75) is 33.1 Å². The van der Waals surface area contributed by atoms with Gasteiger partial charge in [0.15, 0.2) is 5.65 Å². The molecule has 2 N–H and O–H groups in total. The molecule has 0 spiro atoms. The molecule has 2 rings (SSSR count). The predicted octanol–water partition coefficient (Wildman–Crippen LogP) is 1.53. The molecule has 0 fully saturated rings. The second-order valence-corrected chi connectivity index (χ2v) is 3.78. The number of anilines is 1. The average molecular weight is 205 g/mol. The van der Waals surface area contributed by atoms with Crippen molar-refractivity contribution >= 4 is 11.6 Å². The summed E-state index contributed by atoms with van der Waals surface area (Å²) in [5.74, 6) is 0.828. The van der Waals surface area contributed by atoms with Crippen LogP contribution in [0, 0.1) is 6.92 Å². The maximum absolute atomic E-state index is 5.73. The molecule has 2 aromatic rings. The Balaban J connectivity index is 2.73. The number of hydrogen-bond acceptors (Lipinski definition) is 4. The van der Waals surface area contributed by atoms with E-state index in [1.165, 1.54) is 11.9 Å². The molecule has 0 bridgehead atoms. The van der Waals surface area contributed by atoms with Gasteiger partial charge in [-0.15, -0.1) is 0 Å². The third kappa shape index (κ3) is 1.44. The van der Waals surface area contributed by atoms with E-state index in [1.807, 2.05) is 6.92 Å². The quantitative estimate of drug-likeness (QED) is 0.807. The van der Waals surface area contributed by atoms with Crippen LogP contribution in [0.4, 0.5) is 5.95 Å². The highest BCUT2D eigenvalue weighted by Crippen LogP contribution is 2.25. The fraction of sp³-hybridized carbons (Fsp3) is 0.500. The average Bonchev–Trinajstić information content (AvgIpc) is 2.55. The third-order valence-electron chi connectivity index (χ3n) is 2.77. The highest BCUT2D eigenvalue weighted by molar-refractivity contribution is 5.53. The van der Waals surface area contributed by atoms with Crippen LogP contribution in [0.2, 0.25) is 0 Å². The maximum Gasteiger partial charge on any atom is 0.224 e. The van der Waals surface area contributed by atoms with E-state index in [4.69, 9.17) is 5.73 Å². The first kappa shape index (κ1) is 9.89. The van der Waals surface area contributed by atoms with Gasteiger partial charge in [0, 0.05) is 5.56 Å². The summed E-state index contributed by atoms with van der Waals surface area (Å²) >= 11 is 0. The number of aromatic nitrogens is 4. The van der Waals surface area contributed by atoms with E-state index in [0.29, 0.717) is 11.9 Å². The number of rotatable bonds is 2. The Kier molecular flexibility index (Phi) is 2.30. The normalized spacial score (nSPS) is 13.3. The van der Waals surface area contributed by atoms with Crippen LogP contribution in [-0.4, -0.2) is 19.6 Å². The topological polar surface area (TPSA) is 69.1 Å². The number of fused-ring (bicyclic) bond motifs is 1. The Labute approximate surface area is 88.3 Å². The van der Waals surface area contributed by atoms with Gasteiger partial charge in [0.2, 0.25) is 5.95 Å². The standard InChI is InChI=1S/C10H15N5/c1-4-6(2)8-7(3)14-15-9(8)12-5-13-10(15)11/h5-6H,4H2,1-3H3,(H2,11,12,13). The van der Waals surface area contributed by atoms with Crippen LogP contribution in [0.3, 0.4) is 0 Å². The minimum Gasteiger partial charge on any atom is -0.368 e. The highest BCUT2D eigenvalue weighted by Gasteiger charge is 2.16. The van der Waals surface area contributed by atoms with Crippen LogP contribution < -0.4 is 5.73 Å². The molecule has 0 aliphatic carbocycles. The molecule has 0 aliphatic rings. The van der Waals surface area contributed by atoms with Gasteiger partial charge in [-0.2, -0.15) is 9.61 Å². The Morgan fingerprint density at radius 1 is 1.47 bits per heavy atom. The first-order valence-corrected chi connectivity index (χ1v) is 5.10. The number of hydrogen-bond donors (Lipinski definition) is 1. The molecule has 2 heterocycles. The molecule has 0 radical (unpaired) electrons. The molecular formula is C10H15N5. The first-order chi connectivity index (χ1) is 7.15. The lowest BCUT2D eigenvalue weighted by molar-refractivity contribution is 0.732. The van der Waals surface area contributed by atoms with Gasteiger partial charge in [-0.1, -0.05) is 13.8 Å². The molecule has 0 amide bonds. The number of aryl methyl sites for hydroxylation is 1. The molecule has 80 valence electrons. The minimum absolute atomic E-state index is 0.387. The van der Waals surface area contributed by atoms with Crippen LogP contribution in [-0.2, 0) is 0 Å². The lowest BCUT2D eigenvalue weighted by atomic mass is 9.99. The molecule has 15 heavy (non-hydrogen) atoms. The molecule has 5 heteroatoms. The summed E-state index contributed by atoms with van der Waals surface area (Å²) in [6, 6.07) is 0. The molecule has 0 aliphatic heterocycles. The van der Waals surface area contributed by atoms with Crippen LogP contribution in [0.1, 0.15) is 37.4 Å². The second kappa shape index (κ2) is 3.49. The summed E-state index contributed by atoms with van der Waals surface area (Å²) in [5.41, 5.74) is 8.71. The van der Waals surface area contributed by atoms with E-state index in [-0.39, 0.29) is 0 Å². The largest absolute Gasteiger partial charge is 0.368 e. The summed E-state index contributed by atoms with van der Waals surface area (Å²) in [5, 5.41) is 4.35. The zero-order chi connectivity index (χ0) is 11.0. The van der Waals surface area contributed by atoms with Crippen molar-refractivity contribution < 1.29 is 0 Å². The molecule has 5 nitrogen and oxygen atoms in total. The van der Waals surface area contributed by atoms with Gasteiger partial charge in [-0.3, -0.25) is 0 Å². The van der Waals surface area contributed by atoms with Crippen molar-refractivity contribution in [1.82, 2.24) is 19.6 Å². The van der Waals surface area contributed by atoms with Crippen molar-refractivity contribution in [1.29, 1.82) is 0 Å². The zero-order valence-electron chi connectivity index (χ0n) is 9.23. The van der Waals surface area contributed by atoms with Gasteiger partial charge in [0.1, 0.15) is 6.33 Å². The minimum atomic E-state index is 0.387. The van der Waals surface area contributed by atoms with Gasteiger partial charge in [0.05, 0.1) is 5.69 Å². The second-order valence-electron chi connectivity index (χ2n) is 3.78. The van der Waals surface area contributed by atoms with Crippen LogP contribution in [0.15, 0.2) is 6.33 Å². The van der Waals surface area contributed by atoms with E-state index >= 15 is 0 Å². The predicted molar refractivity (Wildman–Crippen MR) is 58.6 cm³/mol. The smallest absolute Gasteiger partial charge is 0.224 e. The third-order valence-corrected chi connectivity index (χ3v) is 2.77. The summed E-state index contributed by atoms with van der Waals surface area (Å²) in [6.07, 6.45) is 2.55. The zero-order valence-corrected chi connectivity index (χ0v) is 9.23. The molecule has 0 aromatic carbocycles. The van der Waals surface area contributed by atoms with Crippen molar-refractivity contribution in [3.05, 3.63) is 17.6 Å². The fourth-order valence-electron chi connectivity index (χ4n) is 1.79. The van der Waals surface area contributed by atoms with E-state index < -0.39 is 0 Å². The molecule has 0 saturated heterocycles. The fourth-order valence-corrected chi connectivity index (χ4v) is 1.79. The summed E-state index contributed by atoms with van der Waals surface area (Å²) in [6.45, 7) is 6.30. The maximum atomic E-state index is 5.73. The number of nitrogens with two attached hydrogens (primary N) is 1. The van der Waals surface area contributed by atoms with Gasteiger partial charge < -0.3 is 5.73 Å². The molecule has 1 unspecified atom stereocenters. The first-order valence-electron chi connectivity index (χ1n) is 5.10. The Hall–Kier alpha value is -1.65. The van der Waals surface area contributed by atoms with Crippen LogP contribution in [0.25, 0.3) is 5.65 Å². The van der Waals surface area contributed by atoms with Gasteiger partial charge in [-0.05, 0) is 19.3 Å². The van der Waals surface area contributed by atoms with Gasteiger partial charge >= 0.3 is 0 Å². The van der Waals surface area contributed by atoms with Gasteiger partial charge in [0.25, 0.3) is 0 Å². The van der Waals surface area contributed by atoms with Gasteiger partial charge in [-0.25, -0.2) is 9.97 Å². The summed E-state index contributed by atoms with van der Waals surface area (Å²) in [4.78, 5) is 8.16. The lowest BCUT2D eigenvalue weighted by Gasteiger charge is -2.06. The van der Waals surface area contributed by atoms with Crippen molar-refractivity contribution in [2.75, 3.05) is 5.73 Å². The number of nitrogens with zero attached hydrogens (tertiary/aromatic N) is 4. The Morgan fingerprint density at radius 2 is 2.20 bits per heavy atom. The molecule has 2 aromatic heterocycles. The van der Waals surface area contributed by atoms with Crippen molar-refractivity contribution in [2.24, 2.45) is 0 Å².